The Morgan fingerprint density at radius 2 is 1.86 bits per heavy atom. The number of aliphatic hydroxyl groups excluding tert-OH is 1. The van der Waals surface area contributed by atoms with Crippen LogP contribution in [0.5, 0.6) is 0 Å². The monoisotopic (exact) mass is 402 g/mol. The molecule has 0 aliphatic rings. The van der Waals surface area contributed by atoms with Gasteiger partial charge in [-0.15, -0.1) is 10.2 Å². The number of rotatable bonds is 7. The quantitative estimate of drug-likeness (QED) is 0.615. The molecule has 28 heavy (non-hydrogen) atoms. The van der Waals surface area contributed by atoms with E-state index in [-0.39, 0.29) is 28.6 Å². The van der Waals surface area contributed by atoms with E-state index >= 15 is 0 Å². The Labute approximate surface area is 167 Å². The second-order valence-corrected chi connectivity index (χ2v) is 6.96. The highest BCUT2D eigenvalue weighted by Gasteiger charge is 2.22. The molecule has 0 aliphatic carbocycles. The molecule has 0 unspecified atom stereocenters. The van der Waals surface area contributed by atoms with E-state index in [0.717, 1.165) is 6.07 Å². The Balaban J connectivity index is 2.15. The second kappa shape index (κ2) is 8.60. The molecule has 0 fully saturated rings. The maximum atomic E-state index is 14.0. The van der Waals surface area contributed by atoms with E-state index in [1.807, 2.05) is 19.0 Å². The van der Waals surface area contributed by atoms with Gasteiger partial charge in [0.25, 0.3) is 0 Å². The average Bonchev–Trinajstić information content (AvgIpc) is 3.09. The van der Waals surface area contributed by atoms with E-state index in [1.54, 1.807) is 28.8 Å². The minimum atomic E-state index is -0.549. The summed E-state index contributed by atoms with van der Waals surface area (Å²) in [6, 6.07) is 10.5. The molecular weight excluding hydrogens is 383 g/mol. The first kappa shape index (κ1) is 20.1. The van der Waals surface area contributed by atoms with E-state index in [1.165, 1.54) is 12.1 Å². The summed E-state index contributed by atoms with van der Waals surface area (Å²) in [6.45, 7) is 0.324. The summed E-state index contributed by atoms with van der Waals surface area (Å²) in [5.74, 6) is -0.130. The normalized spacial score (nSPS) is 11.2. The lowest BCUT2D eigenvalue weighted by molar-refractivity contribution is 0.103. The van der Waals surface area contributed by atoms with Crippen molar-refractivity contribution in [1.29, 1.82) is 0 Å². The van der Waals surface area contributed by atoms with Gasteiger partial charge in [-0.1, -0.05) is 23.7 Å². The van der Waals surface area contributed by atoms with Gasteiger partial charge in [0.2, 0.25) is 0 Å². The smallest absolute Gasteiger partial charge is 0.196 e. The Morgan fingerprint density at radius 3 is 2.54 bits per heavy atom. The van der Waals surface area contributed by atoms with E-state index in [9.17, 15) is 14.3 Å². The Bertz CT molecular complexity index is 1000. The first-order valence-electron chi connectivity index (χ1n) is 8.70. The molecule has 6 nitrogen and oxygen atoms in total. The number of halogens is 2. The van der Waals surface area contributed by atoms with Crippen molar-refractivity contribution >= 4 is 17.4 Å². The number of hydrogen-bond acceptors (Lipinski definition) is 5. The number of ketones is 1. The predicted molar refractivity (Wildman–Crippen MR) is 104 cm³/mol. The standard InChI is InChI=1S/C20H20ClFN4O2/c1-25(2)10-9-18-23-24-19(12-27)26(18)17-8-7-13(22)11-15(17)20(28)14-5-3-4-6-16(14)21/h3-8,11,27H,9-10,12H2,1-2H3. The predicted octanol–water partition coefficient (Wildman–Crippen LogP) is 2.89. The fourth-order valence-corrected chi connectivity index (χ4v) is 3.12. The molecule has 0 saturated carbocycles. The first-order chi connectivity index (χ1) is 13.4. The average molecular weight is 403 g/mol. The van der Waals surface area contributed by atoms with Gasteiger partial charge in [-0.2, -0.15) is 0 Å². The summed E-state index contributed by atoms with van der Waals surface area (Å²) in [6.07, 6.45) is 0.539. The van der Waals surface area contributed by atoms with Gasteiger partial charge in [0.05, 0.1) is 10.7 Å². The van der Waals surface area contributed by atoms with Gasteiger partial charge in [0.15, 0.2) is 11.6 Å². The van der Waals surface area contributed by atoms with E-state index in [4.69, 9.17) is 11.6 Å². The van der Waals surface area contributed by atoms with Crippen LogP contribution in [0.15, 0.2) is 42.5 Å². The third-order valence-electron chi connectivity index (χ3n) is 4.28. The van der Waals surface area contributed by atoms with Gasteiger partial charge in [-0.25, -0.2) is 4.39 Å². The Hall–Kier alpha value is -2.61. The molecule has 0 saturated heterocycles. The molecule has 146 valence electrons. The van der Waals surface area contributed by atoms with E-state index < -0.39 is 11.6 Å². The van der Waals surface area contributed by atoms with Crippen molar-refractivity contribution in [1.82, 2.24) is 19.7 Å². The summed E-state index contributed by atoms with van der Waals surface area (Å²) < 4.78 is 15.6. The summed E-state index contributed by atoms with van der Waals surface area (Å²) >= 11 is 6.17. The van der Waals surface area contributed by atoms with Crippen LogP contribution in [0, 0.1) is 5.82 Å². The molecule has 0 radical (unpaired) electrons. The zero-order chi connectivity index (χ0) is 20.3. The van der Waals surface area contributed by atoms with Crippen molar-refractivity contribution in [3.63, 3.8) is 0 Å². The molecule has 0 bridgehead atoms. The fraction of sp³-hybridized carbons (Fsp3) is 0.250. The molecule has 3 rings (SSSR count). The highest BCUT2D eigenvalue weighted by Crippen LogP contribution is 2.26. The SMILES string of the molecule is CN(C)CCc1nnc(CO)n1-c1ccc(F)cc1C(=O)c1ccccc1Cl. The Kier molecular flexibility index (Phi) is 6.18. The van der Waals surface area contributed by atoms with Crippen LogP contribution in [-0.2, 0) is 13.0 Å². The zero-order valence-electron chi connectivity index (χ0n) is 15.6. The molecule has 3 aromatic rings. The van der Waals surface area contributed by atoms with Gasteiger partial charge in [0.1, 0.15) is 18.2 Å². The van der Waals surface area contributed by atoms with Crippen molar-refractivity contribution in [2.75, 3.05) is 20.6 Å². The number of aliphatic hydroxyl groups is 1. The lowest BCUT2D eigenvalue weighted by atomic mass is 10.0. The first-order valence-corrected chi connectivity index (χ1v) is 9.08. The zero-order valence-corrected chi connectivity index (χ0v) is 16.3. The van der Waals surface area contributed by atoms with Crippen LogP contribution in [0.3, 0.4) is 0 Å². The molecule has 0 spiro atoms. The molecule has 2 aromatic carbocycles. The molecular formula is C20H20ClFN4O2. The number of aromatic nitrogens is 3. The van der Waals surface area contributed by atoms with Gasteiger partial charge >= 0.3 is 0 Å². The summed E-state index contributed by atoms with van der Waals surface area (Å²) in [5, 5.41) is 18.1. The lowest BCUT2D eigenvalue weighted by Gasteiger charge is -2.15. The fourth-order valence-electron chi connectivity index (χ4n) is 2.90. The lowest BCUT2D eigenvalue weighted by Crippen LogP contribution is -2.18. The third kappa shape index (κ3) is 4.11. The van der Waals surface area contributed by atoms with Crippen LogP contribution >= 0.6 is 11.6 Å². The molecule has 0 aliphatic heterocycles. The van der Waals surface area contributed by atoms with Crippen molar-refractivity contribution < 1.29 is 14.3 Å². The van der Waals surface area contributed by atoms with Gasteiger partial charge in [-0.05, 0) is 44.4 Å². The summed E-state index contributed by atoms with van der Waals surface area (Å²) in [4.78, 5) is 15.1. The van der Waals surface area contributed by atoms with Gasteiger partial charge in [0, 0.05) is 24.1 Å². The minimum Gasteiger partial charge on any atom is -0.388 e. The van der Waals surface area contributed by atoms with Crippen LogP contribution in [0.25, 0.3) is 5.69 Å². The van der Waals surface area contributed by atoms with Crippen LogP contribution in [0.4, 0.5) is 4.39 Å². The number of likely N-dealkylation sites (N-methyl/N-ethyl adjacent to an activating group) is 1. The molecule has 8 heteroatoms. The molecule has 1 heterocycles. The van der Waals surface area contributed by atoms with Crippen molar-refractivity contribution in [3.8, 4) is 5.69 Å². The van der Waals surface area contributed by atoms with Crippen molar-refractivity contribution in [2.24, 2.45) is 0 Å². The van der Waals surface area contributed by atoms with Crippen molar-refractivity contribution in [2.45, 2.75) is 13.0 Å². The van der Waals surface area contributed by atoms with Crippen LogP contribution < -0.4 is 0 Å². The second-order valence-electron chi connectivity index (χ2n) is 6.55. The molecule has 1 aromatic heterocycles. The minimum absolute atomic E-state index is 0.119. The number of benzene rings is 2. The maximum Gasteiger partial charge on any atom is 0.196 e. The van der Waals surface area contributed by atoms with Crippen LogP contribution in [0.1, 0.15) is 27.6 Å². The molecule has 1 N–H and O–H groups in total. The summed E-state index contributed by atoms with van der Waals surface area (Å²) in [7, 11) is 3.86. The number of nitrogens with zero attached hydrogens (tertiary/aromatic N) is 4. The van der Waals surface area contributed by atoms with Crippen LogP contribution in [-0.4, -0.2) is 51.2 Å². The number of hydrogen-bond donors (Lipinski definition) is 1. The maximum absolute atomic E-state index is 14.0. The van der Waals surface area contributed by atoms with Gasteiger partial charge < -0.3 is 10.0 Å². The highest BCUT2D eigenvalue weighted by atomic mass is 35.5. The van der Waals surface area contributed by atoms with E-state index in [2.05, 4.69) is 10.2 Å². The largest absolute Gasteiger partial charge is 0.388 e. The van der Waals surface area contributed by atoms with Crippen molar-refractivity contribution in [3.05, 3.63) is 76.1 Å². The summed E-state index contributed by atoms with van der Waals surface area (Å²) in [5.41, 5.74) is 0.785. The topological polar surface area (TPSA) is 71.2 Å². The Morgan fingerprint density at radius 1 is 1.14 bits per heavy atom. The number of carbonyl (C=O) groups excluding carboxylic acids is 1. The third-order valence-corrected chi connectivity index (χ3v) is 4.61. The molecule has 0 atom stereocenters. The van der Waals surface area contributed by atoms with Gasteiger partial charge in [-0.3, -0.25) is 9.36 Å². The molecule has 0 amide bonds. The number of carbonyl (C=O) groups is 1. The van der Waals surface area contributed by atoms with Crippen LogP contribution in [0.2, 0.25) is 5.02 Å². The van der Waals surface area contributed by atoms with E-state index in [0.29, 0.717) is 24.5 Å². The highest BCUT2D eigenvalue weighted by molar-refractivity contribution is 6.35.